The highest BCUT2D eigenvalue weighted by molar-refractivity contribution is 9.10. The maximum absolute atomic E-state index is 12.6. The topological polar surface area (TPSA) is 53.6 Å². The van der Waals surface area contributed by atoms with Crippen LogP contribution in [0.1, 0.15) is 30.1 Å². The Morgan fingerprint density at radius 1 is 1.24 bits per heavy atom. The summed E-state index contributed by atoms with van der Waals surface area (Å²) >= 11 is 15.2. The minimum absolute atomic E-state index is 0.188. The smallest absolute Gasteiger partial charge is 0.261 e. The van der Waals surface area contributed by atoms with Gasteiger partial charge < -0.3 is 15.0 Å². The number of nitrogens with one attached hydrogen (secondary N) is 2. The molecular formula is C21H23BrClN3O2S. The number of carbonyl (C=O) groups excluding carboxylic acids is 1. The van der Waals surface area contributed by atoms with Gasteiger partial charge in [-0.3, -0.25) is 10.1 Å². The van der Waals surface area contributed by atoms with Crippen LogP contribution in [-0.4, -0.2) is 31.2 Å². The summed E-state index contributed by atoms with van der Waals surface area (Å²) in [5.41, 5.74) is 2.13. The molecule has 0 aromatic heterocycles. The average molecular weight is 497 g/mol. The molecule has 1 heterocycles. The van der Waals surface area contributed by atoms with Gasteiger partial charge in [0.15, 0.2) is 5.11 Å². The Hall–Kier alpha value is -1.83. The Morgan fingerprint density at radius 3 is 2.62 bits per heavy atom. The third-order valence-electron chi connectivity index (χ3n) is 4.96. The molecule has 0 spiro atoms. The van der Waals surface area contributed by atoms with E-state index in [0.29, 0.717) is 16.3 Å². The van der Waals surface area contributed by atoms with Gasteiger partial charge in [0.2, 0.25) is 0 Å². The summed E-state index contributed by atoms with van der Waals surface area (Å²) in [5.74, 6) is 0.873. The Morgan fingerprint density at radius 2 is 1.97 bits per heavy atom. The van der Waals surface area contributed by atoms with E-state index in [0.717, 1.165) is 34.9 Å². The number of halogens is 2. The van der Waals surface area contributed by atoms with E-state index in [-0.39, 0.29) is 11.0 Å². The van der Waals surface area contributed by atoms with Gasteiger partial charge in [-0.1, -0.05) is 34.5 Å². The first-order valence-electron chi connectivity index (χ1n) is 9.37. The molecule has 0 radical (unpaired) electrons. The van der Waals surface area contributed by atoms with Crippen LogP contribution in [0, 0.1) is 5.92 Å². The molecule has 0 atom stereocenters. The second kappa shape index (κ2) is 9.78. The van der Waals surface area contributed by atoms with Crippen LogP contribution in [0.15, 0.2) is 40.9 Å². The number of piperidine rings is 1. The van der Waals surface area contributed by atoms with Crippen molar-refractivity contribution < 1.29 is 9.53 Å². The summed E-state index contributed by atoms with van der Waals surface area (Å²) in [7, 11) is 1.52. The summed E-state index contributed by atoms with van der Waals surface area (Å²) in [6.45, 7) is 4.30. The predicted octanol–water partition coefficient (Wildman–Crippen LogP) is 5.47. The second-order valence-corrected chi connectivity index (χ2v) is 8.82. The molecule has 0 saturated carbocycles. The molecule has 154 valence electrons. The Balaban J connectivity index is 1.64. The molecule has 1 saturated heterocycles. The maximum Gasteiger partial charge on any atom is 0.261 e. The normalized spacial score (nSPS) is 14.4. The third kappa shape index (κ3) is 5.62. The molecule has 1 aliphatic heterocycles. The van der Waals surface area contributed by atoms with E-state index >= 15 is 0 Å². The van der Waals surface area contributed by atoms with E-state index < -0.39 is 0 Å². The van der Waals surface area contributed by atoms with Crippen LogP contribution >= 0.6 is 39.7 Å². The van der Waals surface area contributed by atoms with Crippen LogP contribution in [0.4, 0.5) is 11.4 Å². The molecule has 1 fully saturated rings. The zero-order valence-electron chi connectivity index (χ0n) is 16.3. The van der Waals surface area contributed by atoms with Gasteiger partial charge in [-0.05, 0) is 67.4 Å². The molecule has 8 heteroatoms. The summed E-state index contributed by atoms with van der Waals surface area (Å²) in [5, 5.41) is 6.54. The number of nitrogens with zero attached hydrogens (tertiary/aromatic N) is 1. The molecule has 1 amide bonds. The molecular weight excluding hydrogens is 474 g/mol. The van der Waals surface area contributed by atoms with Crippen molar-refractivity contribution in [3.8, 4) is 5.75 Å². The molecule has 2 N–H and O–H groups in total. The number of anilines is 2. The first kappa shape index (κ1) is 21.9. The van der Waals surface area contributed by atoms with E-state index in [2.05, 4.69) is 38.4 Å². The quantitative estimate of drug-likeness (QED) is 0.549. The van der Waals surface area contributed by atoms with Crippen molar-refractivity contribution in [2.24, 2.45) is 5.92 Å². The first-order valence-corrected chi connectivity index (χ1v) is 11.0. The molecule has 5 nitrogen and oxygen atoms in total. The van der Waals surface area contributed by atoms with E-state index in [4.69, 9.17) is 28.6 Å². The van der Waals surface area contributed by atoms with Crippen LogP contribution in [0.5, 0.6) is 5.75 Å². The zero-order chi connectivity index (χ0) is 21.0. The number of hydrogen-bond acceptors (Lipinski definition) is 4. The van der Waals surface area contributed by atoms with Gasteiger partial charge in [0.25, 0.3) is 5.91 Å². The van der Waals surface area contributed by atoms with Crippen LogP contribution in [0.2, 0.25) is 5.02 Å². The largest absolute Gasteiger partial charge is 0.496 e. The number of benzene rings is 2. The molecule has 2 aromatic rings. The molecule has 0 bridgehead atoms. The number of methoxy groups -OCH3 is 1. The third-order valence-corrected chi connectivity index (χ3v) is 5.96. The fourth-order valence-electron chi connectivity index (χ4n) is 3.28. The van der Waals surface area contributed by atoms with Crippen molar-refractivity contribution >= 4 is 62.1 Å². The molecule has 1 aliphatic rings. The minimum Gasteiger partial charge on any atom is -0.496 e. The maximum atomic E-state index is 12.6. The molecule has 0 aliphatic carbocycles. The molecule has 2 aromatic carbocycles. The number of ether oxygens (including phenoxy) is 1. The van der Waals surface area contributed by atoms with Crippen molar-refractivity contribution in [2.45, 2.75) is 19.8 Å². The van der Waals surface area contributed by atoms with Crippen molar-refractivity contribution in [1.82, 2.24) is 5.32 Å². The lowest BCUT2D eigenvalue weighted by Gasteiger charge is -2.32. The Kier molecular flexibility index (Phi) is 7.38. The number of hydrogen-bond donors (Lipinski definition) is 2. The van der Waals surface area contributed by atoms with E-state index in [1.54, 1.807) is 18.2 Å². The van der Waals surface area contributed by atoms with Crippen molar-refractivity contribution in [3.63, 3.8) is 0 Å². The molecule has 0 unspecified atom stereocenters. The van der Waals surface area contributed by atoms with E-state index in [1.807, 2.05) is 18.2 Å². The number of thiocarbonyl (C=S) groups is 1. The van der Waals surface area contributed by atoms with E-state index in [1.165, 1.54) is 20.0 Å². The average Bonchev–Trinajstić information content (AvgIpc) is 2.69. The lowest BCUT2D eigenvalue weighted by molar-refractivity contribution is 0.0974. The highest BCUT2D eigenvalue weighted by Crippen LogP contribution is 2.32. The summed E-state index contributed by atoms with van der Waals surface area (Å²) in [6.07, 6.45) is 2.34. The highest BCUT2D eigenvalue weighted by atomic mass is 79.9. The van der Waals surface area contributed by atoms with Gasteiger partial charge in [-0.15, -0.1) is 0 Å². The van der Waals surface area contributed by atoms with Gasteiger partial charge >= 0.3 is 0 Å². The fraction of sp³-hybridized carbons (Fsp3) is 0.333. The zero-order valence-corrected chi connectivity index (χ0v) is 19.5. The summed E-state index contributed by atoms with van der Waals surface area (Å²) in [6, 6.07) is 10.9. The van der Waals surface area contributed by atoms with Crippen LogP contribution in [0.25, 0.3) is 0 Å². The van der Waals surface area contributed by atoms with Gasteiger partial charge in [0, 0.05) is 23.2 Å². The monoisotopic (exact) mass is 495 g/mol. The number of amides is 1. The standard InChI is InChI=1S/C21H23BrClN3O2S/c1-13-7-9-26(10-8-13)18-5-4-15(12-17(18)23)24-21(29)25-20(27)16-11-14(22)3-6-19(16)28-2/h3-6,11-13H,7-10H2,1-2H3,(H2,24,25,27,29). The van der Waals surface area contributed by atoms with Crippen molar-refractivity contribution in [2.75, 3.05) is 30.4 Å². The minimum atomic E-state index is -0.356. The summed E-state index contributed by atoms with van der Waals surface area (Å²) < 4.78 is 6.02. The Bertz CT molecular complexity index is 917. The second-order valence-electron chi connectivity index (χ2n) is 7.09. The Labute approximate surface area is 189 Å². The highest BCUT2D eigenvalue weighted by Gasteiger charge is 2.19. The number of rotatable bonds is 4. The van der Waals surface area contributed by atoms with Crippen molar-refractivity contribution in [3.05, 3.63) is 51.5 Å². The summed E-state index contributed by atoms with van der Waals surface area (Å²) in [4.78, 5) is 14.9. The van der Waals surface area contributed by atoms with Crippen LogP contribution in [-0.2, 0) is 0 Å². The lowest BCUT2D eigenvalue weighted by atomic mass is 9.99. The van der Waals surface area contributed by atoms with Gasteiger partial charge in [-0.2, -0.15) is 0 Å². The van der Waals surface area contributed by atoms with E-state index in [9.17, 15) is 4.79 Å². The van der Waals surface area contributed by atoms with Gasteiger partial charge in [0.05, 0.1) is 23.4 Å². The van der Waals surface area contributed by atoms with Gasteiger partial charge in [-0.25, -0.2) is 0 Å². The van der Waals surface area contributed by atoms with Gasteiger partial charge in [0.1, 0.15) is 5.75 Å². The van der Waals surface area contributed by atoms with Crippen LogP contribution in [0.3, 0.4) is 0 Å². The SMILES string of the molecule is COc1ccc(Br)cc1C(=O)NC(=S)Nc1ccc(N2CCC(C)CC2)c(Cl)c1. The first-order chi connectivity index (χ1) is 13.9. The number of carbonyl (C=O) groups is 1. The lowest BCUT2D eigenvalue weighted by Crippen LogP contribution is -2.34. The molecule has 3 rings (SSSR count). The van der Waals surface area contributed by atoms with Crippen LogP contribution < -0.4 is 20.3 Å². The predicted molar refractivity (Wildman–Crippen MR) is 126 cm³/mol. The van der Waals surface area contributed by atoms with Crippen molar-refractivity contribution in [1.29, 1.82) is 0 Å². The fourth-order valence-corrected chi connectivity index (χ4v) is 4.15. The molecule has 29 heavy (non-hydrogen) atoms.